The Kier molecular flexibility index (Phi) is 12.0. The van der Waals surface area contributed by atoms with Gasteiger partial charge in [-0.3, -0.25) is 14.4 Å². The van der Waals surface area contributed by atoms with Gasteiger partial charge in [0.2, 0.25) is 5.91 Å². The molecular weight excluding hydrogens is 679 g/mol. The van der Waals surface area contributed by atoms with Crippen LogP contribution in [0.3, 0.4) is 0 Å². The molecule has 1 saturated heterocycles. The molecule has 0 unspecified atom stereocenters. The molecule has 0 bridgehead atoms. The standard InChI is InChI=1S/C41H39N2O8P/c1-4-16-36(52(31-19-9-6-10-20-31,32-21-11-7-12-22-32)33-23-13-8-14-24-33)40(47)51-43-34(27-35(44)29-17-15-18-30(26-29)38(42)45)37(39(43)46)28(3)50-41(48)49-25-5-2/h4-15,17-24,26,28,34,37H,1-2,16,25,27H2,3H3,(H2,42,45)/t28-,34-,37-/m1/s1. The summed E-state index contributed by atoms with van der Waals surface area (Å²) >= 11 is 0. The van der Waals surface area contributed by atoms with Crippen LogP contribution in [-0.4, -0.2) is 58.8 Å². The zero-order valence-electron chi connectivity index (χ0n) is 28.6. The molecule has 0 spiro atoms. The Morgan fingerprint density at radius 1 is 0.808 bits per heavy atom. The highest BCUT2D eigenvalue weighted by Gasteiger charge is 2.55. The average Bonchev–Trinajstić information content (AvgIpc) is 3.17. The lowest BCUT2D eigenvalue weighted by atomic mass is 9.81. The molecule has 0 saturated carbocycles. The fourth-order valence-corrected chi connectivity index (χ4v) is 10.8. The van der Waals surface area contributed by atoms with Crippen molar-refractivity contribution in [3.05, 3.63) is 152 Å². The molecule has 1 aliphatic rings. The van der Waals surface area contributed by atoms with Gasteiger partial charge >= 0.3 is 12.1 Å². The quantitative estimate of drug-likeness (QED) is 0.0588. The average molecular weight is 719 g/mol. The highest BCUT2D eigenvalue weighted by Crippen LogP contribution is 2.47. The van der Waals surface area contributed by atoms with Gasteiger partial charge in [0.05, 0.1) is 11.3 Å². The minimum absolute atomic E-state index is 0.108. The Morgan fingerprint density at radius 2 is 1.35 bits per heavy atom. The van der Waals surface area contributed by atoms with Crippen molar-refractivity contribution in [3.8, 4) is 0 Å². The molecule has 4 aromatic rings. The topological polar surface area (TPSA) is 142 Å². The van der Waals surface area contributed by atoms with Crippen LogP contribution in [0.25, 0.3) is 0 Å². The van der Waals surface area contributed by atoms with Crippen LogP contribution in [0.1, 0.15) is 40.5 Å². The van der Waals surface area contributed by atoms with Gasteiger partial charge in [-0.15, -0.1) is 6.58 Å². The minimum Gasteiger partial charge on any atom is -0.430 e. The first-order valence-electron chi connectivity index (χ1n) is 16.6. The third kappa shape index (κ3) is 7.67. The maximum absolute atomic E-state index is 14.7. The third-order valence-electron chi connectivity index (χ3n) is 8.78. The van der Waals surface area contributed by atoms with Crippen LogP contribution in [-0.2, 0) is 23.9 Å². The number of carbonyl (C=O) groups is 5. The van der Waals surface area contributed by atoms with Crippen LogP contribution >= 0.6 is 6.89 Å². The van der Waals surface area contributed by atoms with Gasteiger partial charge in [0.15, 0.2) is 5.78 Å². The smallest absolute Gasteiger partial charge is 0.430 e. The largest absolute Gasteiger partial charge is 0.508 e. The lowest BCUT2D eigenvalue weighted by molar-refractivity contribution is -0.241. The molecule has 266 valence electrons. The number of carbonyl (C=O) groups excluding carboxylic acids is 5. The van der Waals surface area contributed by atoms with Crippen LogP contribution in [0.2, 0.25) is 0 Å². The molecule has 3 atom stereocenters. The van der Waals surface area contributed by atoms with Gasteiger partial charge in [-0.1, -0.05) is 122 Å². The Hall–Kier alpha value is -5.99. The van der Waals surface area contributed by atoms with E-state index in [-0.39, 0.29) is 30.6 Å². The van der Waals surface area contributed by atoms with Gasteiger partial charge in [-0.25, -0.2) is 9.59 Å². The number of β-lactam (4-membered cyclic amide) rings is 1. The Balaban J connectivity index is 1.61. The Morgan fingerprint density at radius 3 is 1.85 bits per heavy atom. The van der Waals surface area contributed by atoms with Crippen molar-refractivity contribution in [1.82, 2.24) is 5.06 Å². The van der Waals surface area contributed by atoms with Crippen molar-refractivity contribution < 1.29 is 38.3 Å². The van der Waals surface area contributed by atoms with Crippen LogP contribution in [0.5, 0.6) is 0 Å². The number of amides is 2. The second kappa shape index (κ2) is 16.8. The minimum atomic E-state index is -2.94. The fourth-order valence-electron chi connectivity index (χ4n) is 6.42. The van der Waals surface area contributed by atoms with E-state index < -0.39 is 54.7 Å². The molecule has 1 fully saturated rings. The summed E-state index contributed by atoms with van der Waals surface area (Å²) in [6, 6.07) is 33.8. The summed E-state index contributed by atoms with van der Waals surface area (Å²) in [5, 5.41) is 3.91. The highest BCUT2D eigenvalue weighted by atomic mass is 31.2. The van der Waals surface area contributed by atoms with Crippen molar-refractivity contribution in [3.63, 3.8) is 0 Å². The van der Waals surface area contributed by atoms with E-state index in [2.05, 4.69) is 13.2 Å². The molecule has 0 aromatic heterocycles. The van der Waals surface area contributed by atoms with E-state index in [0.29, 0.717) is 5.29 Å². The van der Waals surface area contributed by atoms with Crippen LogP contribution in [0, 0.1) is 5.92 Å². The highest BCUT2D eigenvalue weighted by molar-refractivity contribution is 7.96. The molecule has 1 aliphatic heterocycles. The number of rotatable bonds is 15. The molecule has 2 amide bonds. The molecule has 52 heavy (non-hydrogen) atoms. The number of allylic oxidation sites excluding steroid dienone is 1. The van der Waals surface area contributed by atoms with Gasteiger partial charge in [0, 0.05) is 17.5 Å². The number of ether oxygens (including phenoxy) is 2. The molecule has 4 aromatic carbocycles. The number of nitrogens with zero attached hydrogens (tertiary/aromatic N) is 1. The van der Waals surface area contributed by atoms with Gasteiger partial charge in [0.1, 0.15) is 18.6 Å². The molecule has 0 aliphatic carbocycles. The normalized spacial score (nSPS) is 15.7. The van der Waals surface area contributed by atoms with E-state index in [0.717, 1.165) is 21.0 Å². The lowest BCUT2D eigenvalue weighted by Crippen LogP contribution is -2.65. The van der Waals surface area contributed by atoms with E-state index in [1.165, 1.54) is 37.3 Å². The van der Waals surface area contributed by atoms with E-state index >= 15 is 0 Å². The van der Waals surface area contributed by atoms with E-state index in [1.54, 1.807) is 6.08 Å². The van der Waals surface area contributed by atoms with Crippen LogP contribution < -0.4 is 21.6 Å². The summed E-state index contributed by atoms with van der Waals surface area (Å²) in [6.45, 7) is 5.91. The van der Waals surface area contributed by atoms with E-state index in [4.69, 9.17) is 20.0 Å². The lowest BCUT2D eigenvalue weighted by Gasteiger charge is -2.46. The SMILES string of the molecule is C=CCOC(=O)O[C@H](C)[C@H]1C(=O)N(OC(=O)C(CC=C)=P(c2ccccc2)(c2ccccc2)c2ccccc2)[C@@H]1CC(=O)c1cccc(C(N)=O)c1. The monoisotopic (exact) mass is 718 g/mol. The van der Waals surface area contributed by atoms with Gasteiger partial charge in [0.25, 0.3) is 5.91 Å². The predicted octanol–water partition coefficient (Wildman–Crippen LogP) is 5.11. The summed E-state index contributed by atoms with van der Waals surface area (Å²) in [5.41, 5.74) is 5.74. The zero-order valence-corrected chi connectivity index (χ0v) is 29.5. The summed E-state index contributed by atoms with van der Waals surface area (Å²) in [7, 11) is 0. The summed E-state index contributed by atoms with van der Waals surface area (Å²) in [4.78, 5) is 72.4. The van der Waals surface area contributed by atoms with E-state index in [1.807, 2.05) is 91.0 Å². The van der Waals surface area contributed by atoms with Crippen LogP contribution in [0.4, 0.5) is 4.79 Å². The summed E-state index contributed by atoms with van der Waals surface area (Å²) in [5.74, 6) is -3.67. The first-order chi connectivity index (χ1) is 25.1. The van der Waals surface area contributed by atoms with Crippen molar-refractivity contribution >= 4 is 57.8 Å². The van der Waals surface area contributed by atoms with E-state index in [9.17, 15) is 24.0 Å². The second-order valence-electron chi connectivity index (χ2n) is 12.0. The van der Waals surface area contributed by atoms with Gasteiger partial charge in [-0.2, -0.15) is 5.06 Å². The Labute approximate surface area is 302 Å². The third-order valence-corrected chi connectivity index (χ3v) is 13.2. The maximum atomic E-state index is 14.7. The van der Waals surface area contributed by atoms with Gasteiger partial charge < -0.3 is 20.0 Å². The number of Topliss-reactive ketones (excluding diaryl/α,β-unsaturated/α-hetero) is 1. The number of hydroxylamine groups is 2. The molecule has 10 nitrogen and oxygen atoms in total. The Bertz CT molecular complexity index is 1930. The number of nitrogens with two attached hydrogens (primary N) is 1. The predicted molar refractivity (Wildman–Crippen MR) is 201 cm³/mol. The van der Waals surface area contributed by atoms with Crippen LogP contribution in [0.15, 0.2) is 141 Å². The molecule has 2 N–H and O–H groups in total. The molecule has 5 rings (SSSR count). The summed E-state index contributed by atoms with van der Waals surface area (Å²) < 4.78 is 10.3. The van der Waals surface area contributed by atoms with Crippen molar-refractivity contribution in [2.75, 3.05) is 6.61 Å². The second-order valence-corrected chi connectivity index (χ2v) is 15.4. The first-order valence-corrected chi connectivity index (χ1v) is 18.4. The number of benzene rings is 4. The molecule has 1 heterocycles. The van der Waals surface area contributed by atoms with Crippen molar-refractivity contribution in [1.29, 1.82) is 0 Å². The number of hydrogen-bond donors (Lipinski definition) is 1. The zero-order chi connectivity index (χ0) is 37.3. The number of ketones is 1. The number of hydrogen-bond acceptors (Lipinski definition) is 8. The maximum Gasteiger partial charge on any atom is 0.508 e. The van der Waals surface area contributed by atoms with Gasteiger partial charge in [-0.05, 0) is 48.3 Å². The molecule has 0 radical (unpaired) electrons. The number of primary amides is 1. The first kappa shape index (κ1) is 37.3. The molecular formula is C41H39N2O8P. The van der Waals surface area contributed by atoms with Crippen molar-refractivity contribution in [2.45, 2.75) is 31.9 Å². The fraction of sp³-hybridized carbons (Fsp3) is 0.171. The van der Waals surface area contributed by atoms with Crippen molar-refractivity contribution in [2.24, 2.45) is 11.7 Å². The summed E-state index contributed by atoms with van der Waals surface area (Å²) in [6.07, 6.45) is 0.695. The molecule has 11 heteroatoms.